The molecule has 2 amide bonds. The molecule has 1 aliphatic rings. The second-order valence-electron chi connectivity index (χ2n) is 8.34. The van der Waals surface area contributed by atoms with Gasteiger partial charge in [-0.05, 0) is 84.9 Å². The molecule has 1 N–H and O–H groups in total. The van der Waals surface area contributed by atoms with Crippen molar-refractivity contribution in [2.24, 2.45) is 0 Å². The van der Waals surface area contributed by atoms with Gasteiger partial charge in [0, 0.05) is 17.3 Å². The maximum absolute atomic E-state index is 13.5. The first-order valence-electron chi connectivity index (χ1n) is 11.5. The molecule has 0 aliphatic carbocycles. The van der Waals surface area contributed by atoms with Crippen LogP contribution in [0.2, 0.25) is 5.02 Å². The molecule has 0 radical (unpaired) electrons. The van der Waals surface area contributed by atoms with Crippen LogP contribution < -0.4 is 19.7 Å². The third-order valence-electron chi connectivity index (χ3n) is 6.00. The van der Waals surface area contributed by atoms with Crippen molar-refractivity contribution in [2.75, 3.05) is 31.0 Å². The van der Waals surface area contributed by atoms with Crippen LogP contribution in [0.15, 0.2) is 66.7 Å². The number of benzene rings is 3. The normalized spacial score (nSPS) is 15.2. The Bertz CT molecular complexity index is 1300. The average Bonchev–Trinajstić information content (AvgIpc) is 3.12. The van der Waals surface area contributed by atoms with E-state index < -0.39 is 11.9 Å². The van der Waals surface area contributed by atoms with Crippen LogP contribution >= 0.6 is 23.8 Å². The Labute approximate surface area is 224 Å². The highest BCUT2D eigenvalue weighted by Gasteiger charge is 2.43. The first-order chi connectivity index (χ1) is 17.8. The van der Waals surface area contributed by atoms with Gasteiger partial charge in [0.05, 0.1) is 26.3 Å². The Hall–Kier alpha value is -3.69. The zero-order chi connectivity index (χ0) is 26.5. The number of carbonyl (C=O) groups excluding carboxylic acids is 2. The Morgan fingerprint density at radius 3 is 2.35 bits per heavy atom. The van der Waals surface area contributed by atoms with Crippen LogP contribution in [0.25, 0.3) is 0 Å². The predicted molar refractivity (Wildman–Crippen MR) is 145 cm³/mol. The molecule has 0 unspecified atom stereocenters. The van der Waals surface area contributed by atoms with E-state index in [0.29, 0.717) is 40.9 Å². The summed E-state index contributed by atoms with van der Waals surface area (Å²) in [5, 5.41) is 3.60. The molecule has 0 aromatic heterocycles. The summed E-state index contributed by atoms with van der Waals surface area (Å²) < 4.78 is 24.2. The predicted octanol–water partition coefficient (Wildman–Crippen LogP) is 5.07. The molecular formula is C27H25ClFN3O4S. The minimum atomic E-state index is -0.829. The van der Waals surface area contributed by atoms with Gasteiger partial charge in [0.15, 0.2) is 16.6 Å². The van der Waals surface area contributed by atoms with Gasteiger partial charge in [0.25, 0.3) is 5.91 Å². The van der Waals surface area contributed by atoms with Gasteiger partial charge in [-0.1, -0.05) is 17.7 Å². The number of ether oxygens (including phenoxy) is 2. The van der Waals surface area contributed by atoms with Crippen LogP contribution in [0.4, 0.5) is 15.8 Å². The zero-order valence-corrected chi connectivity index (χ0v) is 21.8. The third-order valence-corrected chi connectivity index (χ3v) is 6.67. The quantitative estimate of drug-likeness (QED) is 0.381. The molecule has 3 aromatic rings. The van der Waals surface area contributed by atoms with Gasteiger partial charge in [-0.25, -0.2) is 4.39 Å². The average molecular weight is 542 g/mol. The van der Waals surface area contributed by atoms with Crippen molar-refractivity contribution in [3.63, 3.8) is 0 Å². The fraction of sp³-hybridized carbons (Fsp3) is 0.222. The minimum Gasteiger partial charge on any atom is -0.493 e. The number of hydrogen-bond donors (Lipinski definition) is 1. The van der Waals surface area contributed by atoms with E-state index in [1.807, 2.05) is 18.2 Å². The number of nitrogens with one attached hydrogen (secondary N) is 1. The molecule has 1 fully saturated rings. The third kappa shape index (κ3) is 6.00. The van der Waals surface area contributed by atoms with Crippen molar-refractivity contribution in [1.82, 2.24) is 4.90 Å². The molecule has 1 saturated heterocycles. The summed E-state index contributed by atoms with van der Waals surface area (Å²) in [5.74, 6) is 0.0745. The Morgan fingerprint density at radius 2 is 1.70 bits per heavy atom. The topological polar surface area (TPSA) is 71.1 Å². The SMILES string of the molecule is COc1ccc(CCN2C(=S)N(c3ccc(F)cc3)C(=O)[C@H]2CC(=O)Nc2ccc(Cl)cc2)cc1OC. The lowest BCUT2D eigenvalue weighted by atomic mass is 10.1. The number of halogens is 2. The van der Waals surface area contributed by atoms with Gasteiger partial charge in [-0.2, -0.15) is 0 Å². The van der Waals surface area contributed by atoms with E-state index in [1.165, 1.54) is 29.2 Å². The van der Waals surface area contributed by atoms with Crippen LogP contribution in [-0.4, -0.2) is 48.6 Å². The summed E-state index contributed by atoms with van der Waals surface area (Å²) in [7, 11) is 3.13. The molecule has 0 bridgehead atoms. The molecule has 1 aliphatic heterocycles. The number of rotatable bonds is 9. The molecule has 3 aromatic carbocycles. The summed E-state index contributed by atoms with van der Waals surface area (Å²) in [6.45, 7) is 0.372. The van der Waals surface area contributed by atoms with E-state index in [4.69, 9.17) is 33.3 Å². The fourth-order valence-electron chi connectivity index (χ4n) is 4.12. The van der Waals surface area contributed by atoms with Gasteiger partial charge in [-0.15, -0.1) is 0 Å². The number of carbonyl (C=O) groups is 2. The maximum Gasteiger partial charge on any atom is 0.256 e. The number of amides is 2. The summed E-state index contributed by atoms with van der Waals surface area (Å²) in [4.78, 5) is 29.5. The number of thiocarbonyl (C=S) groups is 1. The Balaban J connectivity index is 1.56. The van der Waals surface area contributed by atoms with Gasteiger partial charge >= 0.3 is 0 Å². The van der Waals surface area contributed by atoms with Gasteiger partial charge in [-0.3, -0.25) is 14.5 Å². The summed E-state index contributed by atoms with van der Waals surface area (Å²) in [5.41, 5.74) is 1.94. The monoisotopic (exact) mass is 541 g/mol. The van der Waals surface area contributed by atoms with E-state index in [0.717, 1.165) is 5.56 Å². The molecule has 192 valence electrons. The zero-order valence-electron chi connectivity index (χ0n) is 20.2. The van der Waals surface area contributed by atoms with Crippen molar-refractivity contribution in [3.05, 3.63) is 83.1 Å². The molecule has 1 atom stereocenters. The molecule has 4 rings (SSSR count). The highest BCUT2D eigenvalue weighted by molar-refractivity contribution is 7.80. The fourth-order valence-corrected chi connectivity index (χ4v) is 4.66. The Morgan fingerprint density at radius 1 is 1.03 bits per heavy atom. The molecule has 0 saturated carbocycles. The van der Waals surface area contributed by atoms with Crippen molar-refractivity contribution >= 4 is 52.1 Å². The Kier molecular flexibility index (Phi) is 8.25. The van der Waals surface area contributed by atoms with Crippen molar-refractivity contribution in [3.8, 4) is 11.5 Å². The highest BCUT2D eigenvalue weighted by Crippen LogP contribution is 2.30. The lowest BCUT2D eigenvalue weighted by Gasteiger charge is -2.24. The standard InChI is InChI=1S/C27H25ClFN3O4S/c1-35-23-12-3-17(15-24(23)36-2)13-14-31-22(16-25(33)30-20-8-4-18(28)5-9-20)26(34)32(27(31)37)21-10-6-19(29)7-11-21/h3-12,15,22H,13-14,16H2,1-2H3,(H,30,33)/t22-/m1/s1. The largest absolute Gasteiger partial charge is 0.493 e. The molecule has 7 nitrogen and oxygen atoms in total. The van der Waals surface area contributed by atoms with E-state index >= 15 is 0 Å². The first kappa shape index (κ1) is 26.4. The van der Waals surface area contributed by atoms with Gasteiger partial charge in [0.2, 0.25) is 5.91 Å². The van der Waals surface area contributed by atoms with E-state index in [-0.39, 0.29) is 23.3 Å². The first-order valence-corrected chi connectivity index (χ1v) is 12.3. The number of methoxy groups -OCH3 is 2. The summed E-state index contributed by atoms with van der Waals surface area (Å²) in [6.07, 6.45) is 0.408. The number of nitrogens with zero attached hydrogens (tertiary/aromatic N) is 2. The van der Waals surface area contributed by atoms with E-state index in [1.54, 1.807) is 43.4 Å². The lowest BCUT2D eigenvalue weighted by Crippen LogP contribution is -2.39. The van der Waals surface area contributed by atoms with Gasteiger partial charge < -0.3 is 19.7 Å². The van der Waals surface area contributed by atoms with Crippen LogP contribution in [0.3, 0.4) is 0 Å². The highest BCUT2D eigenvalue weighted by atomic mass is 35.5. The molecule has 10 heteroatoms. The lowest BCUT2D eigenvalue weighted by molar-refractivity contribution is -0.124. The van der Waals surface area contributed by atoms with Crippen molar-refractivity contribution in [2.45, 2.75) is 18.9 Å². The molecule has 37 heavy (non-hydrogen) atoms. The van der Waals surface area contributed by atoms with E-state index in [9.17, 15) is 14.0 Å². The van der Waals surface area contributed by atoms with Crippen LogP contribution in [-0.2, 0) is 16.0 Å². The smallest absolute Gasteiger partial charge is 0.256 e. The second-order valence-corrected chi connectivity index (χ2v) is 9.14. The van der Waals surface area contributed by atoms with Crippen molar-refractivity contribution < 1.29 is 23.5 Å². The van der Waals surface area contributed by atoms with Crippen LogP contribution in [0.1, 0.15) is 12.0 Å². The van der Waals surface area contributed by atoms with Gasteiger partial charge in [0.1, 0.15) is 11.9 Å². The second kappa shape index (κ2) is 11.6. The maximum atomic E-state index is 13.5. The van der Waals surface area contributed by atoms with Crippen LogP contribution in [0.5, 0.6) is 11.5 Å². The number of anilines is 2. The number of hydrogen-bond acceptors (Lipinski definition) is 5. The van der Waals surface area contributed by atoms with E-state index in [2.05, 4.69) is 5.32 Å². The van der Waals surface area contributed by atoms with Crippen molar-refractivity contribution in [1.29, 1.82) is 0 Å². The molecule has 0 spiro atoms. The minimum absolute atomic E-state index is 0.120. The molecular weight excluding hydrogens is 517 g/mol. The van der Waals surface area contributed by atoms with Crippen LogP contribution in [0, 0.1) is 5.82 Å². The molecule has 1 heterocycles. The summed E-state index contributed by atoms with van der Waals surface area (Å²) >= 11 is 11.6. The summed E-state index contributed by atoms with van der Waals surface area (Å²) in [6, 6.07) is 16.9.